The summed E-state index contributed by atoms with van der Waals surface area (Å²) in [5.41, 5.74) is 0.907. The van der Waals surface area contributed by atoms with E-state index in [-0.39, 0.29) is 31.4 Å². The van der Waals surface area contributed by atoms with Crippen LogP contribution in [0.2, 0.25) is 0 Å². The Hall–Kier alpha value is -2.12. The first-order valence-electron chi connectivity index (χ1n) is 9.50. The van der Waals surface area contributed by atoms with E-state index >= 15 is 0 Å². The Morgan fingerprint density at radius 3 is 2.41 bits per heavy atom. The van der Waals surface area contributed by atoms with Gasteiger partial charge in [0, 0.05) is 32.2 Å². The van der Waals surface area contributed by atoms with Crippen LogP contribution in [0, 0.1) is 5.92 Å². The summed E-state index contributed by atoms with van der Waals surface area (Å²) >= 11 is 0. The first-order valence-corrected chi connectivity index (χ1v) is 9.50. The average Bonchev–Trinajstić information content (AvgIpc) is 2.65. The number of morpholine rings is 1. The highest BCUT2D eigenvalue weighted by molar-refractivity contribution is 5.73. The fraction of sp³-hybridized carbons (Fsp3) is 0.600. The molecule has 0 aromatic heterocycles. The van der Waals surface area contributed by atoms with Gasteiger partial charge in [-0.1, -0.05) is 30.3 Å². The van der Waals surface area contributed by atoms with E-state index in [4.69, 9.17) is 9.47 Å². The van der Waals surface area contributed by atoms with E-state index in [1.54, 1.807) is 4.90 Å². The summed E-state index contributed by atoms with van der Waals surface area (Å²) in [6.07, 6.45) is 0.274. The molecule has 7 nitrogen and oxygen atoms in total. The van der Waals surface area contributed by atoms with Gasteiger partial charge in [-0.25, -0.2) is 4.79 Å². The normalized spacial score (nSPS) is 29.3. The lowest BCUT2D eigenvalue weighted by atomic mass is 9.92. The molecule has 2 fully saturated rings. The average molecular weight is 376 g/mol. The Morgan fingerprint density at radius 1 is 1.11 bits per heavy atom. The second-order valence-electron chi connectivity index (χ2n) is 7.58. The summed E-state index contributed by atoms with van der Waals surface area (Å²) in [6.45, 7) is 6.39. The number of benzene rings is 1. The number of rotatable bonds is 4. The molecule has 27 heavy (non-hydrogen) atoms. The zero-order valence-electron chi connectivity index (χ0n) is 15.9. The molecule has 1 N–H and O–H groups in total. The van der Waals surface area contributed by atoms with Crippen LogP contribution in [-0.4, -0.2) is 71.4 Å². The summed E-state index contributed by atoms with van der Waals surface area (Å²) in [5.74, 6) is -1.45. The maximum atomic E-state index is 12.6. The van der Waals surface area contributed by atoms with Gasteiger partial charge in [-0.3, -0.25) is 9.69 Å². The van der Waals surface area contributed by atoms with Gasteiger partial charge in [-0.2, -0.15) is 0 Å². The first kappa shape index (κ1) is 19.6. The lowest BCUT2D eigenvalue weighted by molar-refractivity contribution is -0.145. The quantitative estimate of drug-likeness (QED) is 0.868. The predicted octanol–water partition coefficient (Wildman–Crippen LogP) is 2.21. The maximum Gasteiger partial charge on any atom is 0.410 e. The number of amides is 1. The molecule has 2 heterocycles. The molecule has 148 valence electrons. The Morgan fingerprint density at radius 2 is 1.78 bits per heavy atom. The second kappa shape index (κ2) is 8.71. The fourth-order valence-corrected chi connectivity index (χ4v) is 3.99. The predicted molar refractivity (Wildman–Crippen MR) is 99.3 cm³/mol. The Bertz CT molecular complexity index is 643. The Kier molecular flexibility index (Phi) is 6.34. The molecule has 4 atom stereocenters. The molecule has 2 aliphatic rings. The van der Waals surface area contributed by atoms with Crippen molar-refractivity contribution < 1.29 is 24.2 Å². The van der Waals surface area contributed by atoms with Crippen LogP contribution in [-0.2, 0) is 20.9 Å². The topological polar surface area (TPSA) is 79.3 Å². The Balaban J connectivity index is 1.65. The monoisotopic (exact) mass is 376 g/mol. The summed E-state index contributed by atoms with van der Waals surface area (Å²) in [7, 11) is 0. The van der Waals surface area contributed by atoms with Crippen LogP contribution in [0.3, 0.4) is 0 Å². The van der Waals surface area contributed by atoms with Crippen LogP contribution >= 0.6 is 0 Å². The summed E-state index contributed by atoms with van der Waals surface area (Å²) in [4.78, 5) is 28.0. The summed E-state index contributed by atoms with van der Waals surface area (Å²) in [6, 6.07) is 9.47. The van der Waals surface area contributed by atoms with Gasteiger partial charge in [-0.15, -0.1) is 0 Å². The van der Waals surface area contributed by atoms with Gasteiger partial charge in [-0.05, 0) is 25.8 Å². The highest BCUT2D eigenvalue weighted by atomic mass is 16.6. The molecular weight excluding hydrogens is 348 g/mol. The van der Waals surface area contributed by atoms with E-state index in [1.165, 1.54) is 0 Å². The van der Waals surface area contributed by atoms with Crippen molar-refractivity contribution in [2.24, 2.45) is 5.92 Å². The van der Waals surface area contributed by atoms with E-state index in [0.29, 0.717) is 13.0 Å². The lowest BCUT2D eigenvalue weighted by Crippen LogP contribution is -2.58. The minimum atomic E-state index is -0.866. The highest BCUT2D eigenvalue weighted by Crippen LogP contribution is 2.25. The van der Waals surface area contributed by atoms with Crippen molar-refractivity contribution in [3.8, 4) is 0 Å². The summed E-state index contributed by atoms with van der Waals surface area (Å²) in [5, 5.41) is 9.54. The van der Waals surface area contributed by atoms with Crippen molar-refractivity contribution in [3.63, 3.8) is 0 Å². The molecule has 1 amide bonds. The molecule has 2 aliphatic heterocycles. The number of ether oxygens (including phenoxy) is 2. The van der Waals surface area contributed by atoms with Crippen molar-refractivity contribution >= 4 is 12.1 Å². The number of likely N-dealkylation sites (tertiary alicyclic amines) is 1. The first-order chi connectivity index (χ1) is 12.9. The molecule has 3 rings (SSSR count). The molecular formula is C20H28N2O5. The van der Waals surface area contributed by atoms with Crippen LogP contribution in [0.1, 0.15) is 25.8 Å². The van der Waals surface area contributed by atoms with Crippen LogP contribution in [0.5, 0.6) is 0 Å². The van der Waals surface area contributed by atoms with Crippen LogP contribution in [0.25, 0.3) is 0 Å². The van der Waals surface area contributed by atoms with Crippen molar-refractivity contribution in [3.05, 3.63) is 35.9 Å². The second-order valence-corrected chi connectivity index (χ2v) is 7.58. The van der Waals surface area contributed by atoms with Gasteiger partial charge in [0.05, 0.1) is 18.1 Å². The third-order valence-corrected chi connectivity index (χ3v) is 5.21. The molecule has 0 spiro atoms. The van der Waals surface area contributed by atoms with Crippen LogP contribution < -0.4 is 0 Å². The van der Waals surface area contributed by atoms with Gasteiger partial charge in [0.15, 0.2) is 0 Å². The SMILES string of the molecule is C[C@@H]1CN([C@@H]2C[C@@H](C(=O)O)CN(C(=O)OCc3ccccc3)C2)C[C@H](C)O1. The van der Waals surface area contributed by atoms with E-state index in [1.807, 2.05) is 44.2 Å². The van der Waals surface area contributed by atoms with Crippen molar-refractivity contribution in [1.82, 2.24) is 9.80 Å². The number of hydrogen-bond donors (Lipinski definition) is 1. The van der Waals surface area contributed by atoms with Gasteiger partial charge in [0.25, 0.3) is 0 Å². The minimum Gasteiger partial charge on any atom is -0.481 e. The molecule has 0 bridgehead atoms. The van der Waals surface area contributed by atoms with E-state index in [2.05, 4.69) is 4.90 Å². The zero-order valence-corrected chi connectivity index (χ0v) is 15.9. The standard InChI is InChI=1S/C20H28N2O5/c1-14-9-21(10-15(2)27-14)18-8-17(19(23)24)11-22(12-18)20(25)26-13-16-6-4-3-5-7-16/h3-7,14-15,17-18H,8-13H2,1-2H3,(H,23,24)/t14-,15+,17-,18-/m1/s1. The maximum absolute atomic E-state index is 12.6. The summed E-state index contributed by atoms with van der Waals surface area (Å²) < 4.78 is 11.2. The van der Waals surface area contributed by atoms with E-state index < -0.39 is 18.0 Å². The molecule has 7 heteroatoms. The molecule has 0 saturated carbocycles. The molecule has 0 radical (unpaired) electrons. The number of piperidine rings is 1. The minimum absolute atomic E-state index is 0.00192. The number of nitrogens with zero attached hydrogens (tertiary/aromatic N) is 2. The fourth-order valence-electron chi connectivity index (χ4n) is 3.99. The molecule has 1 aromatic rings. The lowest BCUT2D eigenvalue weighted by Gasteiger charge is -2.45. The Labute approximate surface area is 159 Å². The molecule has 1 aromatic carbocycles. The van der Waals surface area contributed by atoms with Crippen molar-refractivity contribution in [2.45, 2.75) is 45.1 Å². The molecule has 0 aliphatic carbocycles. The van der Waals surface area contributed by atoms with Crippen molar-refractivity contribution in [2.75, 3.05) is 26.2 Å². The largest absolute Gasteiger partial charge is 0.481 e. The number of carboxylic acid groups (broad SMARTS) is 1. The van der Waals surface area contributed by atoms with Gasteiger partial charge < -0.3 is 19.5 Å². The van der Waals surface area contributed by atoms with E-state index in [9.17, 15) is 14.7 Å². The number of aliphatic carboxylic acids is 1. The highest BCUT2D eigenvalue weighted by Gasteiger charge is 2.39. The molecule has 0 unspecified atom stereocenters. The third kappa shape index (κ3) is 5.20. The van der Waals surface area contributed by atoms with Gasteiger partial charge in [0.2, 0.25) is 0 Å². The number of hydrogen-bond acceptors (Lipinski definition) is 5. The smallest absolute Gasteiger partial charge is 0.410 e. The van der Waals surface area contributed by atoms with Gasteiger partial charge in [0.1, 0.15) is 6.61 Å². The third-order valence-electron chi connectivity index (χ3n) is 5.21. The number of carbonyl (C=O) groups excluding carboxylic acids is 1. The van der Waals surface area contributed by atoms with Crippen LogP contribution in [0.4, 0.5) is 4.79 Å². The number of carbonyl (C=O) groups is 2. The van der Waals surface area contributed by atoms with Crippen LogP contribution in [0.15, 0.2) is 30.3 Å². The van der Waals surface area contributed by atoms with Crippen molar-refractivity contribution in [1.29, 1.82) is 0 Å². The van der Waals surface area contributed by atoms with E-state index in [0.717, 1.165) is 18.7 Å². The molecule has 2 saturated heterocycles. The number of carboxylic acids is 1. The zero-order chi connectivity index (χ0) is 19.4. The van der Waals surface area contributed by atoms with Gasteiger partial charge >= 0.3 is 12.1 Å².